The fourth-order valence-corrected chi connectivity index (χ4v) is 3.39. The van der Waals surface area contributed by atoms with E-state index in [1.807, 2.05) is 12.2 Å². The molecular formula is C18H25N3. The topological polar surface area (TPSA) is 53.1 Å². The van der Waals surface area contributed by atoms with E-state index in [0.717, 1.165) is 54.8 Å². The van der Waals surface area contributed by atoms with Gasteiger partial charge < -0.3 is 10.6 Å². The second kappa shape index (κ2) is 5.91. The number of nitrogens with zero attached hydrogens (tertiary/aromatic N) is 2. The van der Waals surface area contributed by atoms with Crippen molar-refractivity contribution in [3.63, 3.8) is 0 Å². The van der Waals surface area contributed by atoms with Crippen molar-refractivity contribution >= 4 is 0 Å². The Kier molecular flexibility index (Phi) is 4.39. The minimum Gasteiger partial charge on any atom is -0.346 e. The maximum Gasteiger partial charge on any atom is 0.0992 e. The van der Waals surface area contributed by atoms with Gasteiger partial charge in [0.2, 0.25) is 0 Å². The summed E-state index contributed by atoms with van der Waals surface area (Å²) >= 11 is 0. The Morgan fingerprint density at radius 2 is 2.19 bits per heavy atom. The highest BCUT2D eigenvalue weighted by molar-refractivity contribution is 5.45. The summed E-state index contributed by atoms with van der Waals surface area (Å²) in [6, 6.07) is 2.62. The summed E-state index contributed by atoms with van der Waals surface area (Å²) in [4.78, 5) is 2.16. The quantitative estimate of drug-likeness (QED) is 0.633. The highest BCUT2D eigenvalue weighted by atomic mass is 15.2. The second-order valence-corrected chi connectivity index (χ2v) is 6.47. The summed E-state index contributed by atoms with van der Waals surface area (Å²) < 4.78 is 0. The van der Waals surface area contributed by atoms with E-state index in [1.165, 1.54) is 0 Å². The molecule has 2 fully saturated rings. The number of hydrogen-bond donors (Lipinski definition) is 1. The van der Waals surface area contributed by atoms with Crippen LogP contribution in [-0.4, -0.2) is 17.5 Å². The summed E-state index contributed by atoms with van der Waals surface area (Å²) in [7, 11) is 0. The molecule has 112 valence electrons. The molecule has 2 aliphatic rings. The molecule has 0 unspecified atom stereocenters. The molecule has 0 amide bonds. The molecule has 1 heterocycles. The fourth-order valence-electron chi connectivity index (χ4n) is 3.39. The minimum absolute atomic E-state index is 0.0648. The molecule has 0 radical (unpaired) electrons. The molecule has 0 spiro atoms. The molecule has 0 atom stereocenters. The molecule has 1 aliphatic carbocycles. The zero-order valence-corrected chi connectivity index (χ0v) is 13.2. The Bertz CT molecular complexity index is 554. The lowest BCUT2D eigenvalue weighted by Gasteiger charge is -2.45. The number of likely N-dealkylation sites (tertiary alicyclic amines) is 1. The molecule has 0 aromatic carbocycles. The zero-order valence-electron chi connectivity index (χ0n) is 13.2. The Hall–Kier alpha value is -1.79. The number of nitrogens with two attached hydrogens (primary N) is 1. The van der Waals surface area contributed by atoms with Crippen molar-refractivity contribution < 1.29 is 0 Å². The van der Waals surface area contributed by atoms with Crippen LogP contribution < -0.4 is 5.73 Å². The van der Waals surface area contributed by atoms with E-state index in [2.05, 4.69) is 38.0 Å². The average Bonchev–Trinajstić information content (AvgIpc) is 2.84. The van der Waals surface area contributed by atoms with Crippen molar-refractivity contribution in [2.24, 2.45) is 11.1 Å². The van der Waals surface area contributed by atoms with E-state index in [0.29, 0.717) is 0 Å². The van der Waals surface area contributed by atoms with Gasteiger partial charge >= 0.3 is 0 Å². The molecule has 3 nitrogen and oxygen atoms in total. The first-order valence-electron chi connectivity index (χ1n) is 7.58. The normalized spacial score (nSPS) is 30.6. The standard InChI is InChI=1S/C18H25N3/c1-5-17(21-8-6-7-13(21)2)9-15(12-19)14(3)18(4)10-16(20)11-18/h5,9,16H,1-2,6-8,10-11,20H2,3-4H3/b15-14-,17-9+. The van der Waals surface area contributed by atoms with E-state index >= 15 is 0 Å². The van der Waals surface area contributed by atoms with E-state index in [-0.39, 0.29) is 11.5 Å². The van der Waals surface area contributed by atoms with Crippen molar-refractivity contribution in [3.05, 3.63) is 47.9 Å². The molecule has 0 aromatic rings. The third kappa shape index (κ3) is 2.96. The van der Waals surface area contributed by atoms with Crippen LogP contribution >= 0.6 is 0 Å². The van der Waals surface area contributed by atoms with Gasteiger partial charge in [0.05, 0.1) is 11.6 Å². The fraction of sp³-hybridized carbons (Fsp3) is 0.500. The van der Waals surface area contributed by atoms with Gasteiger partial charge in [-0.3, -0.25) is 0 Å². The number of rotatable bonds is 4. The molecule has 1 saturated heterocycles. The van der Waals surface area contributed by atoms with E-state index in [1.54, 1.807) is 0 Å². The van der Waals surface area contributed by atoms with Gasteiger partial charge in [-0.1, -0.05) is 20.1 Å². The molecular weight excluding hydrogens is 258 g/mol. The third-order valence-corrected chi connectivity index (χ3v) is 4.90. The third-order valence-electron chi connectivity index (χ3n) is 4.90. The largest absolute Gasteiger partial charge is 0.346 e. The maximum absolute atomic E-state index is 9.54. The van der Waals surface area contributed by atoms with Crippen molar-refractivity contribution in [1.82, 2.24) is 4.90 Å². The van der Waals surface area contributed by atoms with Crippen LogP contribution in [0.25, 0.3) is 0 Å². The van der Waals surface area contributed by atoms with Crippen molar-refractivity contribution in [3.8, 4) is 6.07 Å². The van der Waals surface area contributed by atoms with Gasteiger partial charge in [0.1, 0.15) is 0 Å². The first-order chi connectivity index (χ1) is 9.91. The Morgan fingerprint density at radius 1 is 1.52 bits per heavy atom. The maximum atomic E-state index is 9.54. The lowest BCUT2D eigenvalue weighted by atomic mass is 9.62. The summed E-state index contributed by atoms with van der Waals surface area (Å²) in [5.74, 6) is 0. The highest BCUT2D eigenvalue weighted by Gasteiger charge is 2.40. The second-order valence-electron chi connectivity index (χ2n) is 6.47. The van der Waals surface area contributed by atoms with Crippen LogP contribution in [0.2, 0.25) is 0 Å². The van der Waals surface area contributed by atoms with E-state index < -0.39 is 0 Å². The molecule has 21 heavy (non-hydrogen) atoms. The molecule has 1 saturated carbocycles. The zero-order chi connectivity index (χ0) is 15.6. The minimum atomic E-state index is 0.0648. The summed E-state index contributed by atoms with van der Waals surface area (Å²) in [5, 5.41) is 9.54. The summed E-state index contributed by atoms with van der Waals surface area (Å²) in [6.07, 6.45) is 7.81. The van der Waals surface area contributed by atoms with Crippen LogP contribution in [0.3, 0.4) is 0 Å². The molecule has 3 heteroatoms. The smallest absolute Gasteiger partial charge is 0.0992 e. The van der Waals surface area contributed by atoms with Crippen molar-refractivity contribution in [2.75, 3.05) is 6.54 Å². The first-order valence-corrected chi connectivity index (χ1v) is 7.58. The molecule has 1 aliphatic heterocycles. The molecule has 2 rings (SSSR count). The van der Waals surface area contributed by atoms with Gasteiger partial charge in [0, 0.05) is 24.0 Å². The summed E-state index contributed by atoms with van der Waals surface area (Å²) in [6.45, 7) is 13.2. The lowest BCUT2D eigenvalue weighted by Crippen LogP contribution is -2.45. The number of hydrogen-bond acceptors (Lipinski definition) is 3. The van der Waals surface area contributed by atoms with Crippen LogP contribution in [0.4, 0.5) is 0 Å². The Morgan fingerprint density at radius 3 is 2.62 bits per heavy atom. The van der Waals surface area contributed by atoms with Gasteiger partial charge in [-0.25, -0.2) is 0 Å². The van der Waals surface area contributed by atoms with Crippen LogP contribution in [0.15, 0.2) is 47.9 Å². The predicted molar refractivity (Wildman–Crippen MR) is 87.0 cm³/mol. The Balaban J connectivity index is 2.32. The first kappa shape index (κ1) is 15.6. The van der Waals surface area contributed by atoms with Crippen LogP contribution in [0.5, 0.6) is 0 Å². The number of nitriles is 1. The number of allylic oxidation sites excluding steroid dienone is 5. The average molecular weight is 283 g/mol. The predicted octanol–water partition coefficient (Wildman–Crippen LogP) is 3.63. The lowest BCUT2D eigenvalue weighted by molar-refractivity contribution is 0.175. The van der Waals surface area contributed by atoms with Gasteiger partial charge in [-0.15, -0.1) is 0 Å². The SMILES string of the molecule is C=C/C(=C\C(C#N)=C(/C)C1(C)CC(N)C1)N1CCCC1=C. The van der Waals surface area contributed by atoms with Gasteiger partial charge in [0.15, 0.2) is 0 Å². The molecule has 0 aromatic heterocycles. The van der Waals surface area contributed by atoms with Crippen LogP contribution in [0.1, 0.15) is 39.5 Å². The van der Waals surface area contributed by atoms with Crippen molar-refractivity contribution in [1.29, 1.82) is 5.26 Å². The summed E-state index contributed by atoms with van der Waals surface area (Å²) in [5.41, 5.74) is 9.93. The van der Waals surface area contributed by atoms with Crippen LogP contribution in [0, 0.1) is 16.7 Å². The van der Waals surface area contributed by atoms with Crippen molar-refractivity contribution in [2.45, 2.75) is 45.6 Å². The Labute approximate surface area is 128 Å². The van der Waals surface area contributed by atoms with Crippen LogP contribution in [-0.2, 0) is 0 Å². The molecule has 2 N–H and O–H groups in total. The van der Waals surface area contributed by atoms with E-state index in [4.69, 9.17) is 5.73 Å². The van der Waals surface area contributed by atoms with Gasteiger partial charge in [-0.2, -0.15) is 5.26 Å². The highest BCUT2D eigenvalue weighted by Crippen LogP contribution is 2.47. The van der Waals surface area contributed by atoms with Gasteiger partial charge in [0.25, 0.3) is 0 Å². The molecule has 0 bridgehead atoms. The van der Waals surface area contributed by atoms with E-state index in [9.17, 15) is 5.26 Å². The monoisotopic (exact) mass is 283 g/mol. The van der Waals surface area contributed by atoms with Gasteiger partial charge in [-0.05, 0) is 55.7 Å².